The number of rotatable bonds is 6. The fourth-order valence-electron chi connectivity index (χ4n) is 3.41. The molecule has 6 heteroatoms. The number of carbonyl (C=O) groups excluding carboxylic acids is 2. The topological polar surface area (TPSA) is 64.6 Å². The van der Waals surface area contributed by atoms with Crippen molar-refractivity contribution in [1.82, 2.24) is 9.80 Å². The van der Waals surface area contributed by atoms with E-state index in [4.69, 9.17) is 9.47 Å². The van der Waals surface area contributed by atoms with E-state index < -0.39 is 17.9 Å². The number of quaternary nitrogens is 1. The van der Waals surface area contributed by atoms with Gasteiger partial charge in [0.05, 0.1) is 51.4 Å². The first-order chi connectivity index (χ1) is 13.1. The van der Waals surface area contributed by atoms with E-state index in [1.807, 2.05) is 38.1 Å². The second-order valence-corrected chi connectivity index (χ2v) is 7.68. The Kier molecular flexibility index (Phi) is 6.67. The second-order valence-electron chi connectivity index (χ2n) is 7.68. The molecule has 1 aliphatic rings. The van der Waals surface area contributed by atoms with Crippen molar-refractivity contribution in [2.45, 2.75) is 33.6 Å². The van der Waals surface area contributed by atoms with Crippen LogP contribution in [0, 0.1) is 0 Å². The zero-order valence-electron chi connectivity index (χ0n) is 17.9. The van der Waals surface area contributed by atoms with Crippen LogP contribution in [0.5, 0.6) is 0 Å². The first kappa shape index (κ1) is 21.7. The molecule has 1 aromatic carbocycles. The Balaban J connectivity index is 2.70. The summed E-state index contributed by atoms with van der Waals surface area (Å²) in [4.78, 5) is 25.6. The van der Waals surface area contributed by atoms with Crippen molar-refractivity contribution in [1.29, 1.82) is 0 Å². The van der Waals surface area contributed by atoms with Gasteiger partial charge in [-0.3, -0.25) is 4.48 Å². The number of benzene rings is 1. The Morgan fingerprint density at radius 3 is 1.89 bits per heavy atom. The van der Waals surface area contributed by atoms with E-state index in [1.54, 1.807) is 13.8 Å². The van der Waals surface area contributed by atoms with Gasteiger partial charge in [-0.25, -0.2) is 9.59 Å². The van der Waals surface area contributed by atoms with Gasteiger partial charge in [-0.2, -0.15) is 0 Å². The van der Waals surface area contributed by atoms with Gasteiger partial charge >= 0.3 is 11.9 Å². The molecule has 0 unspecified atom stereocenters. The maximum Gasteiger partial charge on any atom is 0.336 e. The van der Waals surface area contributed by atoms with Crippen LogP contribution in [0.4, 0.5) is 5.69 Å². The van der Waals surface area contributed by atoms with Crippen LogP contribution in [0.25, 0.3) is 0 Å². The van der Waals surface area contributed by atoms with Crippen LogP contribution in [0.3, 0.4) is 0 Å². The minimum absolute atomic E-state index is 0.263. The van der Waals surface area contributed by atoms with Gasteiger partial charge in [0.1, 0.15) is 5.69 Å². The van der Waals surface area contributed by atoms with Crippen LogP contribution in [0.2, 0.25) is 0 Å². The third kappa shape index (κ3) is 4.44. The highest BCUT2D eigenvalue weighted by molar-refractivity contribution is 6.00. The second kappa shape index (κ2) is 8.61. The summed E-state index contributed by atoms with van der Waals surface area (Å²) in [6.07, 6.45) is 0. The number of hydrogen-bond donors (Lipinski definition) is 1. The molecule has 1 aliphatic heterocycles. The smallest absolute Gasteiger partial charge is 0.336 e. The molecule has 1 aromatic rings. The Morgan fingerprint density at radius 2 is 1.46 bits per heavy atom. The summed E-state index contributed by atoms with van der Waals surface area (Å²) in [6, 6.07) is 7.96. The monoisotopic (exact) mass is 387 g/mol. The van der Waals surface area contributed by atoms with Crippen molar-refractivity contribution in [3.63, 3.8) is 0 Å². The molecule has 0 bridgehead atoms. The molecule has 0 aliphatic carbocycles. The van der Waals surface area contributed by atoms with Gasteiger partial charge in [-0.1, -0.05) is 12.1 Å². The highest BCUT2D eigenvalue weighted by Crippen LogP contribution is 2.40. The van der Waals surface area contributed by atoms with E-state index in [0.29, 0.717) is 27.0 Å². The average molecular weight is 388 g/mol. The van der Waals surface area contributed by atoms with Crippen LogP contribution in [-0.4, -0.2) is 46.3 Å². The van der Waals surface area contributed by atoms with Crippen molar-refractivity contribution in [3.05, 3.63) is 52.4 Å². The number of dihydropyridines is 1. The summed E-state index contributed by atoms with van der Waals surface area (Å²) in [5.74, 6) is -1.41. The molecule has 0 saturated carbocycles. The van der Waals surface area contributed by atoms with Crippen LogP contribution in [0.15, 0.2) is 46.8 Å². The van der Waals surface area contributed by atoms with Crippen molar-refractivity contribution in [2.75, 3.05) is 34.4 Å². The third-order valence-electron chi connectivity index (χ3n) is 4.73. The predicted octanol–water partition coefficient (Wildman–Crippen LogP) is 3.24. The summed E-state index contributed by atoms with van der Waals surface area (Å²) in [5.41, 5.74) is 4.17. The normalized spacial score (nSPS) is 15.4. The van der Waals surface area contributed by atoms with E-state index in [2.05, 4.69) is 26.5 Å². The van der Waals surface area contributed by atoms with Gasteiger partial charge in [-0.15, -0.1) is 0 Å². The summed E-state index contributed by atoms with van der Waals surface area (Å²) in [6.45, 7) is 7.72. The molecule has 6 nitrogen and oxygen atoms in total. The fourth-order valence-corrected chi connectivity index (χ4v) is 3.41. The number of esters is 2. The number of nitrogens with zero attached hydrogens (tertiary/aromatic N) is 1. The molecule has 0 spiro atoms. The van der Waals surface area contributed by atoms with E-state index in [-0.39, 0.29) is 13.2 Å². The molecule has 0 fully saturated rings. The van der Waals surface area contributed by atoms with Gasteiger partial charge in [0.2, 0.25) is 0 Å². The van der Waals surface area contributed by atoms with E-state index in [1.165, 1.54) is 0 Å². The molecule has 0 saturated heterocycles. The predicted molar refractivity (Wildman–Crippen MR) is 111 cm³/mol. The number of allylic oxidation sites excluding steroid dienone is 2. The van der Waals surface area contributed by atoms with Crippen LogP contribution < -0.4 is 9.80 Å². The largest absolute Gasteiger partial charge is 0.463 e. The minimum atomic E-state index is -0.550. The maximum absolute atomic E-state index is 12.8. The third-order valence-corrected chi connectivity index (χ3v) is 4.73. The van der Waals surface area contributed by atoms with Gasteiger partial charge in [-0.05, 0) is 39.3 Å². The lowest BCUT2D eigenvalue weighted by molar-refractivity contribution is -0.139. The number of carbonyl (C=O) groups is 2. The highest BCUT2D eigenvalue weighted by atomic mass is 16.5. The van der Waals surface area contributed by atoms with Crippen molar-refractivity contribution < 1.29 is 19.1 Å². The van der Waals surface area contributed by atoms with Gasteiger partial charge in [0.15, 0.2) is 0 Å². The van der Waals surface area contributed by atoms with Crippen LogP contribution in [-0.2, 0) is 19.1 Å². The molecular weight excluding hydrogens is 356 g/mol. The maximum atomic E-state index is 12.8. The van der Waals surface area contributed by atoms with Gasteiger partial charge < -0.3 is 14.8 Å². The summed E-state index contributed by atoms with van der Waals surface area (Å²) >= 11 is 0. The molecule has 28 heavy (non-hydrogen) atoms. The van der Waals surface area contributed by atoms with E-state index in [0.717, 1.165) is 11.3 Å². The summed E-state index contributed by atoms with van der Waals surface area (Å²) < 4.78 is 11.2. The highest BCUT2D eigenvalue weighted by Gasteiger charge is 2.38. The van der Waals surface area contributed by atoms with E-state index >= 15 is 0 Å². The molecule has 0 amide bonds. The first-order valence-corrected chi connectivity index (χ1v) is 9.56. The lowest BCUT2D eigenvalue weighted by Crippen LogP contribution is -2.35. The SMILES string of the molecule is CCOC(=O)C1=C(C)NC(C)=C(C(=O)OCC)C1c1cccc([N+](C)(C)C)c1. The van der Waals surface area contributed by atoms with Gasteiger partial charge in [0.25, 0.3) is 0 Å². The van der Waals surface area contributed by atoms with Gasteiger partial charge in [0, 0.05) is 17.5 Å². The number of nitrogens with one attached hydrogen (secondary N) is 1. The van der Waals surface area contributed by atoms with Crippen molar-refractivity contribution in [2.24, 2.45) is 0 Å². The minimum Gasteiger partial charge on any atom is -0.463 e. The van der Waals surface area contributed by atoms with E-state index in [9.17, 15) is 9.59 Å². The molecule has 1 N–H and O–H groups in total. The standard InChI is InChI=1S/C22H30N2O4/c1-8-27-21(25)18-14(3)23-15(4)19(22(26)28-9-2)20(18)16-11-10-12-17(13-16)24(5,6)7/h10-13,20H,8-9H2,1-7H3/p+1. The quantitative estimate of drug-likeness (QED) is 0.600. The Bertz CT molecular complexity index is 791. The zero-order chi connectivity index (χ0) is 21.1. The molecule has 0 atom stereocenters. The molecule has 1 heterocycles. The molecule has 152 valence electrons. The molecular formula is C22H31N2O4+. The molecule has 0 radical (unpaired) electrons. The molecule has 2 rings (SSSR count). The van der Waals surface area contributed by atoms with Crippen molar-refractivity contribution >= 4 is 17.6 Å². The van der Waals surface area contributed by atoms with Crippen molar-refractivity contribution in [3.8, 4) is 0 Å². The summed E-state index contributed by atoms with van der Waals surface area (Å²) in [5, 5.41) is 3.16. The number of ether oxygens (including phenoxy) is 2. The van der Waals surface area contributed by atoms with Crippen LogP contribution >= 0.6 is 0 Å². The molecule has 0 aromatic heterocycles. The zero-order valence-corrected chi connectivity index (χ0v) is 17.9. The van der Waals surface area contributed by atoms with Crippen LogP contribution in [0.1, 0.15) is 39.2 Å². The number of hydrogen-bond acceptors (Lipinski definition) is 5. The Labute approximate surface area is 167 Å². The average Bonchev–Trinajstić information content (AvgIpc) is 2.60. The fraction of sp³-hybridized carbons (Fsp3) is 0.455. The lowest BCUT2D eigenvalue weighted by atomic mass is 9.80. The first-order valence-electron chi connectivity index (χ1n) is 9.56. The Hall–Kier alpha value is -2.60. The Morgan fingerprint density at radius 1 is 0.964 bits per heavy atom. The summed E-state index contributed by atoms with van der Waals surface area (Å²) in [7, 11) is 6.21. The lowest BCUT2D eigenvalue weighted by Gasteiger charge is -2.31.